The maximum absolute atomic E-state index is 12.5. The molecule has 0 saturated carbocycles. The van der Waals surface area contributed by atoms with Crippen molar-refractivity contribution in [1.82, 2.24) is 4.90 Å². The topological polar surface area (TPSA) is 104 Å². The van der Waals surface area contributed by atoms with Crippen molar-refractivity contribution in [1.29, 1.82) is 0 Å². The Morgan fingerprint density at radius 3 is 2.42 bits per heavy atom. The van der Waals surface area contributed by atoms with Crippen molar-refractivity contribution in [2.24, 2.45) is 0 Å². The summed E-state index contributed by atoms with van der Waals surface area (Å²) in [6, 6.07) is 11.7. The van der Waals surface area contributed by atoms with Crippen molar-refractivity contribution < 1.29 is 19.9 Å². The van der Waals surface area contributed by atoms with Gasteiger partial charge < -0.3 is 15.1 Å². The lowest BCUT2D eigenvalue weighted by atomic mass is 10.0. The summed E-state index contributed by atoms with van der Waals surface area (Å²) < 4.78 is 0. The molecule has 1 amide bonds. The summed E-state index contributed by atoms with van der Waals surface area (Å²) in [4.78, 5) is 24.1. The fraction of sp³-hybridized carbons (Fsp3) is 0.235. The van der Waals surface area contributed by atoms with Crippen LogP contribution in [0.15, 0.2) is 48.5 Å². The van der Waals surface area contributed by atoms with Crippen molar-refractivity contribution in [3.05, 3.63) is 75.3 Å². The molecule has 124 valence electrons. The highest BCUT2D eigenvalue weighted by Gasteiger charge is 2.36. The molecule has 1 heterocycles. The van der Waals surface area contributed by atoms with E-state index in [2.05, 4.69) is 0 Å². The minimum absolute atomic E-state index is 0.0869. The molecule has 0 spiro atoms. The summed E-state index contributed by atoms with van der Waals surface area (Å²) in [5, 5.41) is 30.9. The standard InChI is InChI=1S/C17H16N2O5/c20-10-15(16(21)11-5-7-13(8-6-11)19(23)24)18-9-12-3-1-2-4-14(12)17(18)22/h1-8,15-16,20-21H,9-10H2/t15-,16-/m0/s1. The minimum atomic E-state index is -1.14. The number of benzene rings is 2. The number of carbonyl (C=O) groups excluding carboxylic acids is 1. The molecule has 0 fully saturated rings. The van der Waals surface area contributed by atoms with E-state index in [9.17, 15) is 25.1 Å². The van der Waals surface area contributed by atoms with E-state index in [0.717, 1.165) is 5.56 Å². The number of hydrogen-bond donors (Lipinski definition) is 2. The number of nitro benzene ring substituents is 1. The fourth-order valence-electron chi connectivity index (χ4n) is 2.93. The summed E-state index contributed by atoms with van der Waals surface area (Å²) in [5.74, 6) is -0.245. The molecule has 0 saturated heterocycles. The molecule has 2 aromatic rings. The Balaban J connectivity index is 1.84. The van der Waals surface area contributed by atoms with Crippen LogP contribution in [0.3, 0.4) is 0 Å². The first-order valence-corrected chi connectivity index (χ1v) is 7.45. The fourth-order valence-corrected chi connectivity index (χ4v) is 2.93. The van der Waals surface area contributed by atoms with E-state index in [1.807, 2.05) is 12.1 Å². The zero-order chi connectivity index (χ0) is 17.3. The zero-order valence-corrected chi connectivity index (χ0v) is 12.7. The summed E-state index contributed by atoms with van der Waals surface area (Å²) >= 11 is 0. The van der Waals surface area contributed by atoms with Gasteiger partial charge in [0.25, 0.3) is 11.6 Å². The third-order valence-corrected chi connectivity index (χ3v) is 4.25. The van der Waals surface area contributed by atoms with Crippen LogP contribution in [0, 0.1) is 10.1 Å². The van der Waals surface area contributed by atoms with Crippen molar-refractivity contribution in [2.45, 2.75) is 18.7 Å². The van der Waals surface area contributed by atoms with E-state index in [4.69, 9.17) is 0 Å². The molecule has 2 N–H and O–H groups in total. The van der Waals surface area contributed by atoms with E-state index >= 15 is 0 Å². The first-order chi connectivity index (χ1) is 11.5. The number of rotatable bonds is 5. The van der Waals surface area contributed by atoms with Crippen LogP contribution in [0.1, 0.15) is 27.6 Å². The first-order valence-electron chi connectivity index (χ1n) is 7.45. The molecule has 1 aliphatic rings. The molecule has 3 rings (SSSR count). The largest absolute Gasteiger partial charge is 0.394 e. The van der Waals surface area contributed by atoms with Crippen LogP contribution in [0.25, 0.3) is 0 Å². The molecule has 1 aliphatic heterocycles. The third-order valence-electron chi connectivity index (χ3n) is 4.25. The van der Waals surface area contributed by atoms with Crippen molar-refractivity contribution in [3.8, 4) is 0 Å². The van der Waals surface area contributed by atoms with Crippen molar-refractivity contribution in [3.63, 3.8) is 0 Å². The Morgan fingerprint density at radius 2 is 1.83 bits per heavy atom. The normalized spacial score (nSPS) is 15.9. The highest BCUT2D eigenvalue weighted by molar-refractivity contribution is 5.98. The number of amides is 1. The molecule has 0 unspecified atom stereocenters. The van der Waals surface area contributed by atoms with Gasteiger partial charge in [-0.05, 0) is 29.3 Å². The van der Waals surface area contributed by atoms with E-state index in [-0.39, 0.29) is 11.6 Å². The number of aliphatic hydroxyl groups is 2. The molecule has 2 aromatic carbocycles. The Bertz CT molecular complexity index is 775. The van der Waals surface area contributed by atoms with Crippen LogP contribution in [-0.2, 0) is 6.54 Å². The van der Waals surface area contributed by atoms with Crippen LogP contribution in [0.5, 0.6) is 0 Å². The maximum atomic E-state index is 12.5. The second-order valence-electron chi connectivity index (χ2n) is 5.63. The van der Waals surface area contributed by atoms with Crippen LogP contribution in [-0.4, -0.2) is 38.6 Å². The van der Waals surface area contributed by atoms with Crippen molar-refractivity contribution in [2.75, 3.05) is 6.61 Å². The van der Waals surface area contributed by atoms with Crippen molar-refractivity contribution >= 4 is 11.6 Å². The second-order valence-corrected chi connectivity index (χ2v) is 5.63. The van der Waals surface area contributed by atoms with Gasteiger partial charge in [0.15, 0.2) is 0 Å². The summed E-state index contributed by atoms with van der Waals surface area (Å²) in [6.07, 6.45) is -1.14. The first kappa shape index (κ1) is 16.1. The lowest BCUT2D eigenvalue weighted by Gasteiger charge is -2.30. The molecule has 0 aromatic heterocycles. The highest BCUT2D eigenvalue weighted by atomic mass is 16.6. The number of hydrogen-bond acceptors (Lipinski definition) is 5. The lowest BCUT2D eigenvalue weighted by Crippen LogP contribution is -2.42. The van der Waals surface area contributed by atoms with Crippen LogP contribution >= 0.6 is 0 Å². The van der Waals surface area contributed by atoms with Gasteiger partial charge in [-0.3, -0.25) is 14.9 Å². The molecule has 7 nitrogen and oxygen atoms in total. The van der Waals surface area contributed by atoms with Crippen LogP contribution in [0.2, 0.25) is 0 Å². The third kappa shape index (κ3) is 2.75. The van der Waals surface area contributed by atoms with E-state index in [1.165, 1.54) is 29.2 Å². The Kier molecular flexibility index (Phi) is 4.28. The van der Waals surface area contributed by atoms with Gasteiger partial charge in [0.1, 0.15) is 6.10 Å². The van der Waals surface area contributed by atoms with Gasteiger partial charge in [-0.25, -0.2) is 0 Å². The lowest BCUT2D eigenvalue weighted by molar-refractivity contribution is -0.384. The predicted octanol–water partition coefficient (Wildman–Crippen LogP) is 1.65. The quantitative estimate of drug-likeness (QED) is 0.641. The molecule has 7 heteroatoms. The Hall–Kier alpha value is -2.77. The average Bonchev–Trinajstić information content (AvgIpc) is 2.93. The van der Waals surface area contributed by atoms with Gasteiger partial charge in [-0.2, -0.15) is 0 Å². The summed E-state index contributed by atoms with van der Waals surface area (Å²) in [6.45, 7) is -0.109. The Labute approximate surface area is 137 Å². The van der Waals surface area contributed by atoms with E-state index in [1.54, 1.807) is 12.1 Å². The number of nitrogens with zero attached hydrogens (tertiary/aromatic N) is 2. The predicted molar refractivity (Wildman–Crippen MR) is 85.2 cm³/mol. The SMILES string of the molecule is O=C1c2ccccc2CN1[C@@H](CO)[C@@H](O)c1ccc([N+](=O)[O-])cc1. The van der Waals surface area contributed by atoms with Crippen LogP contribution in [0.4, 0.5) is 5.69 Å². The highest BCUT2D eigenvalue weighted by Crippen LogP contribution is 2.30. The van der Waals surface area contributed by atoms with E-state index < -0.39 is 23.7 Å². The maximum Gasteiger partial charge on any atom is 0.269 e. The summed E-state index contributed by atoms with van der Waals surface area (Å²) in [5.41, 5.74) is 1.73. The monoisotopic (exact) mass is 328 g/mol. The minimum Gasteiger partial charge on any atom is -0.394 e. The van der Waals surface area contributed by atoms with Gasteiger partial charge in [0.05, 0.1) is 17.6 Å². The number of fused-ring (bicyclic) bond motifs is 1. The van der Waals surface area contributed by atoms with E-state index in [0.29, 0.717) is 17.7 Å². The number of non-ortho nitro benzene ring substituents is 1. The smallest absolute Gasteiger partial charge is 0.269 e. The molecule has 0 aliphatic carbocycles. The Morgan fingerprint density at radius 1 is 1.17 bits per heavy atom. The molecular formula is C17H16N2O5. The van der Waals surface area contributed by atoms with Gasteiger partial charge >= 0.3 is 0 Å². The molecule has 2 atom stereocenters. The second kappa shape index (κ2) is 6.38. The average molecular weight is 328 g/mol. The molecule has 24 heavy (non-hydrogen) atoms. The molecular weight excluding hydrogens is 312 g/mol. The number of nitro groups is 1. The van der Waals surface area contributed by atoms with Gasteiger partial charge in [0, 0.05) is 24.2 Å². The van der Waals surface area contributed by atoms with Gasteiger partial charge in [0.2, 0.25) is 0 Å². The van der Waals surface area contributed by atoms with Gasteiger partial charge in [-0.1, -0.05) is 18.2 Å². The number of aliphatic hydroxyl groups excluding tert-OH is 2. The zero-order valence-electron chi connectivity index (χ0n) is 12.7. The number of carbonyl (C=O) groups is 1. The van der Waals surface area contributed by atoms with Gasteiger partial charge in [-0.15, -0.1) is 0 Å². The molecule has 0 bridgehead atoms. The molecule has 0 radical (unpaired) electrons. The summed E-state index contributed by atoms with van der Waals surface area (Å²) in [7, 11) is 0. The van der Waals surface area contributed by atoms with Crippen LogP contribution < -0.4 is 0 Å².